The van der Waals surface area contributed by atoms with Crippen LogP contribution in [0.3, 0.4) is 0 Å². The van der Waals surface area contributed by atoms with Crippen LogP contribution in [0, 0.1) is 0 Å². The number of aromatic hydroxyl groups is 2. The summed E-state index contributed by atoms with van der Waals surface area (Å²) in [5, 5.41) is 40.7. The third-order valence-electron chi connectivity index (χ3n) is 8.58. The van der Waals surface area contributed by atoms with Crippen molar-refractivity contribution < 1.29 is 49.1 Å². The lowest BCUT2D eigenvalue weighted by molar-refractivity contribution is 0.476. The molecule has 288 valence electrons. The number of phenolic OH excluding ortho intramolecular Hbond substituents is 2. The molecule has 0 saturated heterocycles. The lowest BCUT2D eigenvalue weighted by Gasteiger charge is -2.12. The van der Waals surface area contributed by atoms with E-state index in [1.54, 1.807) is 54.6 Å². The molecule has 7 aromatic rings. The number of para-hydroxylation sites is 1. The number of rotatable bonds is 10. The molecule has 0 fully saturated rings. The average molecular weight is 826 g/mol. The first kappa shape index (κ1) is 38.7. The molecule has 19 heteroatoms. The molecule has 0 aromatic heterocycles. The summed E-state index contributed by atoms with van der Waals surface area (Å²) in [6.45, 7) is 0. The van der Waals surface area contributed by atoms with Gasteiger partial charge in [-0.1, -0.05) is 48.5 Å². The van der Waals surface area contributed by atoms with Crippen LogP contribution in [-0.2, 0) is 30.4 Å². The Morgan fingerprint density at radius 2 is 1.09 bits per heavy atom. The molecule has 0 radical (unpaired) electrons. The number of phenols is 2. The smallest absolute Gasteiger partial charge is 0.295 e. The largest absolute Gasteiger partial charge is 0.506 e. The fourth-order valence-electron chi connectivity index (χ4n) is 5.90. The highest BCUT2D eigenvalue weighted by Gasteiger charge is 2.24. The minimum Gasteiger partial charge on any atom is -0.506 e. The Morgan fingerprint density at radius 3 is 1.67 bits per heavy atom. The van der Waals surface area contributed by atoms with Crippen LogP contribution in [0.4, 0.5) is 34.1 Å². The van der Waals surface area contributed by atoms with E-state index in [1.165, 1.54) is 18.2 Å². The second-order valence-corrected chi connectivity index (χ2v) is 16.6. The highest BCUT2D eigenvalue weighted by atomic mass is 32.2. The van der Waals surface area contributed by atoms with Crippen LogP contribution in [-0.4, -0.2) is 49.1 Å². The lowest BCUT2D eigenvalue weighted by atomic mass is 10.1. The summed E-state index contributed by atoms with van der Waals surface area (Å²) < 4.78 is 102. The van der Waals surface area contributed by atoms with Crippen LogP contribution in [0.1, 0.15) is 0 Å². The predicted molar refractivity (Wildman–Crippen MR) is 211 cm³/mol. The van der Waals surface area contributed by atoms with E-state index in [1.807, 2.05) is 30.3 Å². The minimum atomic E-state index is -5.06. The van der Waals surface area contributed by atoms with Gasteiger partial charge in [-0.2, -0.15) is 35.5 Å². The first-order valence-corrected chi connectivity index (χ1v) is 20.7. The lowest BCUT2D eigenvalue weighted by Crippen LogP contribution is -2.04. The summed E-state index contributed by atoms with van der Waals surface area (Å²) in [6, 6.07) is 31.8. The van der Waals surface area contributed by atoms with Gasteiger partial charge in [-0.15, -0.1) is 10.2 Å². The number of nitrogens with one attached hydrogen (secondary N) is 1. The van der Waals surface area contributed by atoms with Crippen LogP contribution in [0.2, 0.25) is 0 Å². The van der Waals surface area contributed by atoms with Gasteiger partial charge in [-0.25, -0.2) is 0 Å². The number of hydrogen-bond acceptors (Lipinski definition) is 13. The molecule has 0 heterocycles. The molecule has 0 aliphatic carbocycles. The van der Waals surface area contributed by atoms with E-state index in [0.29, 0.717) is 17.4 Å². The fraction of sp³-hybridized carbons (Fsp3) is 0. The molecular weight excluding hydrogens is 799 g/mol. The average Bonchev–Trinajstić information content (AvgIpc) is 3.16. The number of hydrogen-bond donors (Lipinski definition) is 6. The summed E-state index contributed by atoms with van der Waals surface area (Å²) in [4.78, 5) is -2.18. The molecule has 0 unspecified atom stereocenters. The molecule has 0 spiro atoms. The van der Waals surface area contributed by atoms with Crippen molar-refractivity contribution in [3.8, 4) is 22.6 Å². The van der Waals surface area contributed by atoms with Crippen LogP contribution in [0.15, 0.2) is 163 Å². The van der Waals surface area contributed by atoms with Gasteiger partial charge in [-0.05, 0) is 95.4 Å². The molecule has 0 bridgehead atoms. The molecular formula is C38H27N5O11S3. The number of fused-ring (bicyclic) bond motifs is 2. The van der Waals surface area contributed by atoms with Crippen LogP contribution in [0.25, 0.3) is 32.7 Å². The van der Waals surface area contributed by atoms with Crippen LogP contribution < -0.4 is 5.32 Å². The van der Waals surface area contributed by atoms with Crippen molar-refractivity contribution in [2.24, 2.45) is 20.5 Å². The first-order valence-electron chi connectivity index (χ1n) is 16.3. The van der Waals surface area contributed by atoms with E-state index < -0.39 is 50.8 Å². The van der Waals surface area contributed by atoms with Crippen molar-refractivity contribution in [3.63, 3.8) is 0 Å². The number of anilines is 2. The molecule has 57 heavy (non-hydrogen) atoms. The van der Waals surface area contributed by atoms with Gasteiger partial charge in [0.1, 0.15) is 26.9 Å². The Balaban J connectivity index is 1.12. The number of azo groups is 2. The SMILES string of the molecule is O=S(=O)(O)c1cc(S(=O)(=O)O)c2c(N=Nc3ccc(-c4ccc(N=Nc5cc(S(=O)(=O)O)c6cc(Nc7ccccc7)ccc6c5O)cc4)cc3)c(O)ccc2c1. The maximum Gasteiger partial charge on any atom is 0.295 e. The maximum atomic E-state index is 12.4. The van der Waals surface area contributed by atoms with Gasteiger partial charge in [0.15, 0.2) is 5.75 Å². The standard InChI is InChI=1S/C38H27N5O11S3/c44-33-17-10-24-18-29(55(46,47)48)20-35(57(52,53)54)36(24)37(33)43-41-27-13-8-23(9-14-27)22-6-11-26(12-7-22)40-42-32-21-34(56(49,50)51)31-19-28(15-16-30(31)38(32)45)39-25-4-2-1-3-5-25/h1-21,39,44-45H,(H,46,47,48)(H,49,50,51)(H,52,53,54). The van der Waals surface area contributed by atoms with Crippen molar-refractivity contribution in [1.82, 2.24) is 0 Å². The van der Waals surface area contributed by atoms with E-state index in [9.17, 15) is 49.1 Å². The van der Waals surface area contributed by atoms with Gasteiger partial charge in [-0.3, -0.25) is 13.7 Å². The molecule has 6 N–H and O–H groups in total. The molecule has 7 aromatic carbocycles. The second-order valence-electron chi connectivity index (χ2n) is 12.4. The van der Waals surface area contributed by atoms with E-state index in [2.05, 4.69) is 25.8 Å². The third-order valence-corrected chi connectivity index (χ3v) is 11.2. The normalized spacial score (nSPS) is 12.5. The van der Waals surface area contributed by atoms with Gasteiger partial charge in [0.25, 0.3) is 30.4 Å². The summed E-state index contributed by atoms with van der Waals surface area (Å²) in [6.07, 6.45) is 0. The zero-order chi connectivity index (χ0) is 40.7. The third kappa shape index (κ3) is 8.33. The quantitative estimate of drug-likeness (QED) is 0.0556. The van der Waals surface area contributed by atoms with Crippen molar-refractivity contribution >= 4 is 86.0 Å². The van der Waals surface area contributed by atoms with Crippen molar-refractivity contribution in [2.45, 2.75) is 14.7 Å². The number of benzene rings is 7. The van der Waals surface area contributed by atoms with Crippen molar-refractivity contribution in [2.75, 3.05) is 5.32 Å². The Kier molecular flexibility index (Phi) is 10.0. The molecule has 0 aliphatic heterocycles. The summed E-state index contributed by atoms with van der Waals surface area (Å²) in [7, 11) is -14.7. The summed E-state index contributed by atoms with van der Waals surface area (Å²) in [5.74, 6) is -0.868. The predicted octanol–water partition coefficient (Wildman–Crippen LogP) is 9.39. The topological polar surface area (TPSA) is 265 Å². The maximum absolute atomic E-state index is 12.4. The first-order chi connectivity index (χ1) is 27.0. The van der Waals surface area contributed by atoms with Crippen molar-refractivity contribution in [3.05, 3.63) is 127 Å². The zero-order valence-electron chi connectivity index (χ0n) is 28.8. The molecule has 7 rings (SSSR count). The molecule has 0 aliphatic rings. The van der Waals surface area contributed by atoms with Gasteiger partial charge in [0.05, 0.1) is 16.3 Å². The van der Waals surface area contributed by atoms with Gasteiger partial charge >= 0.3 is 0 Å². The summed E-state index contributed by atoms with van der Waals surface area (Å²) in [5.41, 5.74) is 2.77. The molecule has 0 atom stereocenters. The van der Waals surface area contributed by atoms with E-state index in [-0.39, 0.29) is 44.4 Å². The van der Waals surface area contributed by atoms with Gasteiger partial charge in [0, 0.05) is 27.5 Å². The van der Waals surface area contributed by atoms with Gasteiger partial charge < -0.3 is 15.5 Å². The van der Waals surface area contributed by atoms with E-state index in [0.717, 1.165) is 35.0 Å². The molecule has 0 amide bonds. The van der Waals surface area contributed by atoms with Crippen LogP contribution >= 0.6 is 0 Å². The second kappa shape index (κ2) is 14.8. The Morgan fingerprint density at radius 1 is 0.491 bits per heavy atom. The zero-order valence-corrected chi connectivity index (χ0v) is 31.3. The minimum absolute atomic E-state index is 0.0709. The monoisotopic (exact) mass is 825 g/mol. The van der Waals surface area contributed by atoms with Crippen LogP contribution in [0.5, 0.6) is 11.5 Å². The Labute approximate surface area is 324 Å². The van der Waals surface area contributed by atoms with Gasteiger partial charge in [0.2, 0.25) is 0 Å². The Bertz CT molecular complexity index is 3130. The highest BCUT2D eigenvalue weighted by Crippen LogP contribution is 2.43. The Hall–Kier alpha value is -6.61. The highest BCUT2D eigenvalue weighted by molar-refractivity contribution is 7.87. The fourth-order valence-corrected chi connectivity index (χ4v) is 7.98. The van der Waals surface area contributed by atoms with E-state index >= 15 is 0 Å². The number of nitrogens with zero attached hydrogens (tertiary/aromatic N) is 4. The van der Waals surface area contributed by atoms with E-state index in [4.69, 9.17) is 0 Å². The molecule has 16 nitrogen and oxygen atoms in total. The summed E-state index contributed by atoms with van der Waals surface area (Å²) >= 11 is 0. The van der Waals surface area contributed by atoms with Crippen molar-refractivity contribution in [1.29, 1.82) is 0 Å². The molecule has 0 saturated carbocycles.